The molecule has 1 N–H and O–H groups in total. The third kappa shape index (κ3) is 3.01. The van der Waals surface area contributed by atoms with Gasteiger partial charge < -0.3 is 0 Å². The van der Waals surface area contributed by atoms with Gasteiger partial charge in [-0.3, -0.25) is 0 Å². The third-order valence-corrected chi connectivity index (χ3v) is 5.53. The molecule has 0 aliphatic heterocycles. The van der Waals surface area contributed by atoms with E-state index >= 15 is 0 Å². The monoisotopic (exact) mass is 280 g/mol. The summed E-state index contributed by atoms with van der Waals surface area (Å²) in [7, 11) is -5.92. The quantitative estimate of drug-likeness (QED) is 0.872. The minimum Gasteiger partial charge on any atom is -0.204 e. The van der Waals surface area contributed by atoms with Crippen LogP contribution in [0.15, 0.2) is 65.6 Å². The molecule has 0 saturated carbocycles. The smallest absolute Gasteiger partial charge is 0.204 e. The number of nitrogens with one attached hydrogen (secondary N) is 1. The van der Waals surface area contributed by atoms with Crippen LogP contribution < -0.4 is 9.80 Å². The van der Waals surface area contributed by atoms with Crippen LogP contribution in [0.5, 0.6) is 0 Å². The first-order chi connectivity index (χ1) is 8.59. The lowest BCUT2D eigenvalue weighted by Crippen LogP contribution is -2.20. The zero-order valence-corrected chi connectivity index (χ0v) is 11.1. The molecule has 0 amide bonds. The van der Waals surface area contributed by atoms with E-state index in [1.807, 2.05) is 0 Å². The molecule has 2 aromatic rings. The highest BCUT2D eigenvalue weighted by atomic mass is 32.2. The van der Waals surface area contributed by atoms with Crippen LogP contribution in [0.3, 0.4) is 0 Å². The minimum absolute atomic E-state index is 0.101. The summed E-state index contributed by atoms with van der Waals surface area (Å²) in [6, 6.07) is 16.3. The first kappa shape index (κ1) is 12.9. The van der Waals surface area contributed by atoms with Crippen molar-refractivity contribution < 1.29 is 13.0 Å². The fourth-order valence-electron chi connectivity index (χ4n) is 1.38. The zero-order chi connectivity index (χ0) is 13.0. The molecule has 0 aliphatic carbocycles. The van der Waals surface area contributed by atoms with Crippen molar-refractivity contribution in [1.29, 1.82) is 0 Å². The summed E-state index contributed by atoms with van der Waals surface area (Å²) in [5.41, 5.74) is 0. The van der Waals surface area contributed by atoms with Crippen molar-refractivity contribution >= 4 is 23.3 Å². The normalized spacial score (nSPS) is 12.1. The molecule has 92 valence electrons. The standard InChI is InChI=1S/C12H11NO3PS/c14-17(11-7-3-1-4-8-11)13-18(15,16)12-9-5-2-6-10-12/h1-10H,(H,13,14)/q+1. The second-order valence-electron chi connectivity index (χ2n) is 3.54. The summed E-state index contributed by atoms with van der Waals surface area (Å²) in [5, 5.41) is 0.451. The Kier molecular flexibility index (Phi) is 3.87. The lowest BCUT2D eigenvalue weighted by molar-refractivity contribution is 0.580. The van der Waals surface area contributed by atoms with Crippen LogP contribution in [0.4, 0.5) is 0 Å². The maximum absolute atomic E-state index is 11.9. The van der Waals surface area contributed by atoms with E-state index in [4.69, 9.17) is 0 Å². The molecule has 0 spiro atoms. The Morgan fingerprint density at radius 2 is 1.33 bits per heavy atom. The summed E-state index contributed by atoms with van der Waals surface area (Å²) in [4.78, 5) is 0.101. The highest BCUT2D eigenvalue weighted by Crippen LogP contribution is 2.19. The average Bonchev–Trinajstić information content (AvgIpc) is 2.40. The number of rotatable bonds is 4. The molecular weight excluding hydrogens is 269 g/mol. The van der Waals surface area contributed by atoms with Crippen molar-refractivity contribution in [2.75, 3.05) is 0 Å². The zero-order valence-electron chi connectivity index (χ0n) is 9.35. The van der Waals surface area contributed by atoms with E-state index in [1.165, 1.54) is 12.1 Å². The summed E-state index contributed by atoms with van der Waals surface area (Å²) in [5.74, 6) is 0. The SMILES string of the molecule is O=[P+](NS(=O)(=O)c1ccccc1)c1ccccc1. The van der Waals surface area contributed by atoms with Crippen molar-refractivity contribution in [3.05, 3.63) is 60.7 Å². The molecule has 2 rings (SSSR count). The summed E-state index contributed by atoms with van der Waals surface area (Å²) >= 11 is 0. The molecule has 0 aliphatic rings. The molecule has 0 heterocycles. The van der Waals surface area contributed by atoms with E-state index in [-0.39, 0.29) is 4.90 Å². The van der Waals surface area contributed by atoms with Gasteiger partial charge in [-0.25, -0.2) is 8.42 Å². The predicted molar refractivity (Wildman–Crippen MR) is 70.4 cm³/mol. The first-order valence-corrected chi connectivity index (χ1v) is 7.94. The number of benzene rings is 2. The number of hydrogen-bond donors (Lipinski definition) is 1. The maximum Gasteiger partial charge on any atom is 0.486 e. The molecule has 1 atom stereocenters. The van der Waals surface area contributed by atoms with E-state index in [1.54, 1.807) is 48.5 Å². The van der Waals surface area contributed by atoms with Gasteiger partial charge in [-0.2, -0.15) is 0 Å². The van der Waals surface area contributed by atoms with Crippen molar-refractivity contribution in [3.63, 3.8) is 0 Å². The molecular formula is C12H11NO3PS+. The first-order valence-electron chi connectivity index (χ1n) is 5.19. The summed E-state index contributed by atoms with van der Waals surface area (Å²) in [6.07, 6.45) is 0. The van der Waals surface area contributed by atoms with Crippen LogP contribution in [-0.4, -0.2) is 8.42 Å². The van der Waals surface area contributed by atoms with E-state index in [0.717, 1.165) is 0 Å². The van der Waals surface area contributed by atoms with Crippen LogP contribution in [0.1, 0.15) is 0 Å². The third-order valence-electron chi connectivity index (χ3n) is 2.25. The Morgan fingerprint density at radius 3 is 1.89 bits per heavy atom. The Bertz CT molecular complexity index is 642. The van der Waals surface area contributed by atoms with E-state index in [2.05, 4.69) is 4.49 Å². The molecule has 1 unspecified atom stereocenters. The average molecular weight is 280 g/mol. The molecule has 0 radical (unpaired) electrons. The van der Waals surface area contributed by atoms with Gasteiger partial charge in [-0.1, -0.05) is 36.4 Å². The molecule has 6 heteroatoms. The molecule has 0 fully saturated rings. The van der Waals surface area contributed by atoms with Gasteiger partial charge in [0.1, 0.15) is 0 Å². The van der Waals surface area contributed by atoms with Crippen molar-refractivity contribution in [1.82, 2.24) is 4.49 Å². The second kappa shape index (κ2) is 5.40. The summed E-state index contributed by atoms with van der Waals surface area (Å²) < 4.78 is 37.9. The predicted octanol–water partition coefficient (Wildman–Crippen LogP) is 2.03. The van der Waals surface area contributed by atoms with E-state index in [9.17, 15) is 13.0 Å². The largest absolute Gasteiger partial charge is 0.486 e. The van der Waals surface area contributed by atoms with Crippen LogP contribution >= 0.6 is 7.95 Å². The Labute approximate surface area is 107 Å². The fraction of sp³-hybridized carbons (Fsp3) is 0. The maximum atomic E-state index is 11.9. The highest BCUT2D eigenvalue weighted by molar-refractivity contribution is 7.94. The van der Waals surface area contributed by atoms with Gasteiger partial charge in [0, 0.05) is 4.49 Å². The number of hydrogen-bond acceptors (Lipinski definition) is 3. The van der Waals surface area contributed by atoms with Crippen LogP contribution in [0.2, 0.25) is 0 Å². The molecule has 0 saturated heterocycles. The molecule has 2 aromatic carbocycles. The minimum atomic E-state index is -3.74. The van der Waals surface area contributed by atoms with E-state index < -0.39 is 18.0 Å². The lowest BCUT2D eigenvalue weighted by atomic mass is 10.4. The van der Waals surface area contributed by atoms with Gasteiger partial charge in [0.15, 0.2) is 0 Å². The lowest BCUT2D eigenvalue weighted by Gasteiger charge is -1.98. The second-order valence-corrected chi connectivity index (χ2v) is 6.85. The Morgan fingerprint density at radius 1 is 0.833 bits per heavy atom. The van der Waals surface area contributed by atoms with Crippen LogP contribution in [0.25, 0.3) is 0 Å². The number of sulfonamides is 1. The van der Waals surface area contributed by atoms with Crippen molar-refractivity contribution in [2.45, 2.75) is 4.90 Å². The van der Waals surface area contributed by atoms with Crippen LogP contribution in [-0.2, 0) is 14.6 Å². The van der Waals surface area contributed by atoms with Gasteiger partial charge in [-0.15, -0.1) is 0 Å². The van der Waals surface area contributed by atoms with Gasteiger partial charge in [0.25, 0.3) is 10.0 Å². The van der Waals surface area contributed by atoms with E-state index in [0.29, 0.717) is 5.30 Å². The Balaban J connectivity index is 2.23. The highest BCUT2D eigenvalue weighted by Gasteiger charge is 2.28. The molecule has 4 nitrogen and oxygen atoms in total. The van der Waals surface area contributed by atoms with Gasteiger partial charge in [0.2, 0.25) is 5.30 Å². The Hall–Kier alpha value is -1.55. The summed E-state index contributed by atoms with van der Waals surface area (Å²) in [6.45, 7) is 0. The molecule has 18 heavy (non-hydrogen) atoms. The topological polar surface area (TPSA) is 63.2 Å². The van der Waals surface area contributed by atoms with Crippen molar-refractivity contribution in [2.24, 2.45) is 0 Å². The van der Waals surface area contributed by atoms with Gasteiger partial charge in [-0.05, 0) is 28.8 Å². The van der Waals surface area contributed by atoms with Crippen molar-refractivity contribution in [3.8, 4) is 0 Å². The fourth-order valence-corrected chi connectivity index (χ4v) is 4.05. The molecule has 0 aromatic heterocycles. The van der Waals surface area contributed by atoms with Crippen LogP contribution in [0, 0.1) is 0 Å². The molecule has 0 bridgehead atoms. The van der Waals surface area contributed by atoms with Gasteiger partial charge >= 0.3 is 7.95 Å². The van der Waals surface area contributed by atoms with Gasteiger partial charge in [0.05, 0.1) is 4.90 Å².